The molecule has 25 heavy (non-hydrogen) atoms. The van der Waals surface area contributed by atoms with Crippen molar-refractivity contribution in [3.63, 3.8) is 0 Å². The number of aryl methyl sites for hydroxylation is 2. The van der Waals surface area contributed by atoms with Crippen molar-refractivity contribution in [3.05, 3.63) is 57.5 Å². The highest BCUT2D eigenvalue weighted by molar-refractivity contribution is 6.04. The molecule has 2 aliphatic rings. The number of rotatable bonds is 3. The predicted molar refractivity (Wildman–Crippen MR) is 96.5 cm³/mol. The number of benzene rings is 1. The first-order chi connectivity index (χ1) is 12.2. The molecular formula is C19H21N3O3. The number of H-pyrrole nitrogens is 1. The Morgan fingerprint density at radius 2 is 1.88 bits per heavy atom. The lowest BCUT2D eigenvalue weighted by molar-refractivity contribution is 0.102. The van der Waals surface area contributed by atoms with Gasteiger partial charge in [-0.15, -0.1) is 0 Å². The van der Waals surface area contributed by atoms with Crippen LogP contribution in [0.1, 0.15) is 28.0 Å². The highest BCUT2D eigenvalue weighted by atomic mass is 16.5. The Hall–Kier alpha value is -2.60. The molecule has 0 spiro atoms. The van der Waals surface area contributed by atoms with Crippen molar-refractivity contribution < 1.29 is 9.53 Å². The second-order valence-corrected chi connectivity index (χ2v) is 6.47. The number of carbonyl (C=O) groups is 1. The Kier molecular flexibility index (Phi) is 4.28. The summed E-state index contributed by atoms with van der Waals surface area (Å²) >= 11 is 0. The minimum Gasteiger partial charge on any atom is -0.378 e. The van der Waals surface area contributed by atoms with Gasteiger partial charge in [-0.2, -0.15) is 0 Å². The smallest absolute Gasteiger partial charge is 0.261 e. The first-order valence-corrected chi connectivity index (χ1v) is 8.70. The number of nitrogens with zero attached hydrogens (tertiary/aromatic N) is 1. The molecule has 1 saturated heterocycles. The van der Waals surface area contributed by atoms with Gasteiger partial charge >= 0.3 is 0 Å². The standard InChI is InChI=1S/C19H21N3O3/c23-18(16-12-13-2-1-3-17(13)21-19(16)24)20-14-4-6-15(7-5-14)22-8-10-25-11-9-22/h4-7,12H,1-3,8-11H2,(H,20,23)(H,21,24). The third kappa shape index (κ3) is 3.30. The van der Waals surface area contributed by atoms with Gasteiger partial charge in [-0.05, 0) is 55.2 Å². The van der Waals surface area contributed by atoms with Crippen LogP contribution in [0.5, 0.6) is 0 Å². The van der Waals surface area contributed by atoms with E-state index >= 15 is 0 Å². The van der Waals surface area contributed by atoms with Crippen LogP contribution in [-0.2, 0) is 17.6 Å². The van der Waals surface area contributed by atoms with Crippen LogP contribution in [-0.4, -0.2) is 37.2 Å². The Morgan fingerprint density at radius 3 is 2.64 bits per heavy atom. The van der Waals surface area contributed by atoms with Crippen LogP contribution in [0.15, 0.2) is 35.1 Å². The molecule has 1 aliphatic carbocycles. The van der Waals surface area contributed by atoms with E-state index in [2.05, 4.69) is 15.2 Å². The third-order valence-electron chi connectivity index (χ3n) is 4.83. The van der Waals surface area contributed by atoms with Crippen LogP contribution in [0.25, 0.3) is 0 Å². The van der Waals surface area contributed by atoms with Crippen molar-refractivity contribution in [2.45, 2.75) is 19.3 Å². The van der Waals surface area contributed by atoms with E-state index in [0.717, 1.165) is 62.5 Å². The van der Waals surface area contributed by atoms with Gasteiger partial charge in [0, 0.05) is 30.2 Å². The molecule has 0 atom stereocenters. The number of aromatic nitrogens is 1. The Balaban J connectivity index is 1.48. The number of pyridine rings is 1. The summed E-state index contributed by atoms with van der Waals surface area (Å²) < 4.78 is 5.36. The molecule has 1 aromatic heterocycles. The number of hydrogen-bond acceptors (Lipinski definition) is 4. The summed E-state index contributed by atoms with van der Waals surface area (Å²) in [6, 6.07) is 9.43. The molecule has 0 unspecified atom stereocenters. The first kappa shape index (κ1) is 15.9. The largest absolute Gasteiger partial charge is 0.378 e. The molecule has 6 nitrogen and oxygen atoms in total. The normalized spacial score (nSPS) is 16.6. The number of aromatic amines is 1. The zero-order valence-electron chi connectivity index (χ0n) is 14.0. The van der Waals surface area contributed by atoms with Crippen LogP contribution in [0.3, 0.4) is 0 Å². The molecule has 0 radical (unpaired) electrons. The Labute approximate surface area is 145 Å². The summed E-state index contributed by atoms with van der Waals surface area (Å²) in [5, 5.41) is 2.82. The second-order valence-electron chi connectivity index (χ2n) is 6.47. The molecule has 2 heterocycles. The third-order valence-corrected chi connectivity index (χ3v) is 4.83. The summed E-state index contributed by atoms with van der Waals surface area (Å²) in [6.07, 6.45) is 2.83. The number of fused-ring (bicyclic) bond motifs is 1. The molecule has 6 heteroatoms. The number of amides is 1. The highest BCUT2D eigenvalue weighted by Gasteiger charge is 2.18. The fourth-order valence-corrected chi connectivity index (χ4v) is 3.46. The van der Waals surface area contributed by atoms with Crippen molar-refractivity contribution in [2.75, 3.05) is 36.5 Å². The number of ether oxygens (including phenoxy) is 1. The van der Waals surface area contributed by atoms with Crippen LogP contribution < -0.4 is 15.8 Å². The van der Waals surface area contributed by atoms with E-state index in [0.29, 0.717) is 5.69 Å². The fraction of sp³-hybridized carbons (Fsp3) is 0.368. The van der Waals surface area contributed by atoms with Crippen molar-refractivity contribution in [1.82, 2.24) is 4.98 Å². The highest BCUT2D eigenvalue weighted by Crippen LogP contribution is 2.21. The monoisotopic (exact) mass is 339 g/mol. The van der Waals surface area contributed by atoms with Gasteiger partial charge in [-0.3, -0.25) is 9.59 Å². The van der Waals surface area contributed by atoms with Gasteiger partial charge in [0.15, 0.2) is 0 Å². The zero-order valence-corrected chi connectivity index (χ0v) is 14.0. The van der Waals surface area contributed by atoms with E-state index in [-0.39, 0.29) is 17.0 Å². The number of morpholine rings is 1. The first-order valence-electron chi connectivity index (χ1n) is 8.70. The lowest BCUT2D eigenvalue weighted by Gasteiger charge is -2.28. The van der Waals surface area contributed by atoms with E-state index in [1.807, 2.05) is 24.3 Å². The zero-order chi connectivity index (χ0) is 17.2. The van der Waals surface area contributed by atoms with Gasteiger partial charge in [-0.25, -0.2) is 0 Å². The summed E-state index contributed by atoms with van der Waals surface area (Å²) in [5.74, 6) is -0.366. The molecule has 1 amide bonds. The fourth-order valence-electron chi connectivity index (χ4n) is 3.46. The number of nitrogens with one attached hydrogen (secondary N) is 2. The van der Waals surface area contributed by atoms with Crippen LogP contribution >= 0.6 is 0 Å². The van der Waals surface area contributed by atoms with Crippen molar-refractivity contribution >= 4 is 17.3 Å². The maximum absolute atomic E-state index is 12.5. The lowest BCUT2D eigenvalue weighted by Crippen LogP contribution is -2.36. The number of carbonyl (C=O) groups excluding carboxylic acids is 1. The summed E-state index contributed by atoms with van der Waals surface area (Å²) in [6.45, 7) is 3.21. The average Bonchev–Trinajstić information content (AvgIpc) is 3.09. The van der Waals surface area contributed by atoms with Crippen LogP contribution in [0.4, 0.5) is 11.4 Å². The van der Waals surface area contributed by atoms with Gasteiger partial charge in [-0.1, -0.05) is 0 Å². The van der Waals surface area contributed by atoms with Gasteiger partial charge < -0.3 is 19.9 Å². The molecule has 2 N–H and O–H groups in total. The Morgan fingerprint density at radius 1 is 1.12 bits per heavy atom. The maximum Gasteiger partial charge on any atom is 0.261 e. The summed E-state index contributed by atoms with van der Waals surface area (Å²) in [4.78, 5) is 29.7. The topological polar surface area (TPSA) is 74.4 Å². The number of anilines is 2. The molecule has 130 valence electrons. The number of hydrogen-bond donors (Lipinski definition) is 2. The molecule has 2 aromatic rings. The van der Waals surface area contributed by atoms with E-state index < -0.39 is 0 Å². The molecule has 4 rings (SSSR count). The van der Waals surface area contributed by atoms with Crippen molar-refractivity contribution in [2.24, 2.45) is 0 Å². The molecular weight excluding hydrogens is 318 g/mol. The minimum absolute atomic E-state index is 0.179. The maximum atomic E-state index is 12.5. The van der Waals surface area contributed by atoms with Gasteiger partial charge in [0.25, 0.3) is 11.5 Å². The second kappa shape index (κ2) is 6.72. The van der Waals surface area contributed by atoms with E-state index in [1.165, 1.54) is 0 Å². The van der Waals surface area contributed by atoms with Crippen molar-refractivity contribution in [3.8, 4) is 0 Å². The van der Waals surface area contributed by atoms with E-state index in [4.69, 9.17) is 4.74 Å². The Bertz CT molecular complexity index is 836. The van der Waals surface area contributed by atoms with E-state index in [1.54, 1.807) is 6.07 Å². The molecule has 1 aromatic carbocycles. The minimum atomic E-state index is -0.366. The summed E-state index contributed by atoms with van der Waals surface area (Å²) in [5.41, 5.74) is 3.70. The average molecular weight is 339 g/mol. The lowest BCUT2D eigenvalue weighted by atomic mass is 10.1. The quantitative estimate of drug-likeness (QED) is 0.896. The molecule has 0 saturated carbocycles. The van der Waals surface area contributed by atoms with Crippen LogP contribution in [0.2, 0.25) is 0 Å². The molecule has 1 fully saturated rings. The van der Waals surface area contributed by atoms with Crippen LogP contribution in [0, 0.1) is 0 Å². The molecule has 1 aliphatic heterocycles. The van der Waals surface area contributed by atoms with Gasteiger partial charge in [0.2, 0.25) is 0 Å². The van der Waals surface area contributed by atoms with Gasteiger partial charge in [0.05, 0.1) is 13.2 Å². The van der Waals surface area contributed by atoms with Crippen molar-refractivity contribution in [1.29, 1.82) is 0 Å². The SMILES string of the molecule is O=C(Nc1ccc(N2CCOCC2)cc1)c1cc2c([nH]c1=O)CCC2. The van der Waals surface area contributed by atoms with E-state index in [9.17, 15) is 9.59 Å². The summed E-state index contributed by atoms with van der Waals surface area (Å²) in [7, 11) is 0. The van der Waals surface area contributed by atoms with Gasteiger partial charge in [0.1, 0.15) is 5.56 Å². The molecule has 0 bridgehead atoms. The predicted octanol–water partition coefficient (Wildman–Crippen LogP) is 1.95.